The number of nitrogens with two attached hydrogens (primary N) is 1. The summed E-state index contributed by atoms with van der Waals surface area (Å²) in [7, 11) is 0. The van der Waals surface area contributed by atoms with Crippen LogP contribution in [0.2, 0.25) is 0 Å². The number of carbonyl (C=O) groups excluding carboxylic acids is 1. The van der Waals surface area contributed by atoms with Gasteiger partial charge in [-0.15, -0.1) is 0 Å². The van der Waals surface area contributed by atoms with Gasteiger partial charge >= 0.3 is 6.09 Å². The largest absolute Gasteiger partial charge is 0.443 e. The first-order valence-corrected chi connectivity index (χ1v) is 7.01. The van der Waals surface area contributed by atoms with Crippen LogP contribution in [-0.2, 0) is 16.7 Å². The monoisotopic (exact) mass is 276 g/mol. The van der Waals surface area contributed by atoms with Crippen LogP contribution >= 0.6 is 0 Å². The van der Waals surface area contributed by atoms with Crippen LogP contribution < -0.4 is 10.6 Å². The van der Waals surface area contributed by atoms with E-state index < -0.39 is 11.1 Å². The van der Waals surface area contributed by atoms with Gasteiger partial charge in [-0.3, -0.25) is 4.90 Å². The van der Waals surface area contributed by atoms with E-state index in [1.165, 1.54) is 0 Å². The van der Waals surface area contributed by atoms with E-state index in [-0.39, 0.29) is 6.09 Å². The first-order chi connectivity index (χ1) is 9.09. The summed E-state index contributed by atoms with van der Waals surface area (Å²) in [6, 6.07) is 6.04. The Balaban J connectivity index is 2.39. The van der Waals surface area contributed by atoms with E-state index in [1.54, 1.807) is 4.90 Å². The molecule has 2 N–H and O–H groups in total. The van der Waals surface area contributed by atoms with Crippen LogP contribution in [0.4, 0.5) is 10.5 Å². The highest BCUT2D eigenvalue weighted by Crippen LogP contribution is 2.37. The lowest BCUT2D eigenvalue weighted by atomic mass is 9.92. The van der Waals surface area contributed by atoms with Gasteiger partial charge in [-0.05, 0) is 52.2 Å². The van der Waals surface area contributed by atoms with E-state index in [2.05, 4.69) is 6.07 Å². The summed E-state index contributed by atoms with van der Waals surface area (Å²) in [4.78, 5) is 14.1. The molecule has 4 nitrogen and oxygen atoms in total. The Morgan fingerprint density at radius 3 is 2.45 bits per heavy atom. The molecule has 0 atom stereocenters. The van der Waals surface area contributed by atoms with Crippen LogP contribution in [0.15, 0.2) is 18.2 Å². The van der Waals surface area contributed by atoms with E-state index in [0.717, 1.165) is 23.2 Å². The summed E-state index contributed by atoms with van der Waals surface area (Å²) in [6.45, 7) is 10.2. The second-order valence-electron chi connectivity index (χ2n) is 6.92. The number of anilines is 1. The SMILES string of the molecule is CC(C)(C)OC(=O)N1CCc2cccc(C(C)(C)N)c21. The molecule has 4 heteroatoms. The average molecular weight is 276 g/mol. The van der Waals surface area contributed by atoms with Gasteiger partial charge in [0.2, 0.25) is 0 Å². The maximum Gasteiger partial charge on any atom is 0.414 e. The Morgan fingerprint density at radius 1 is 1.25 bits per heavy atom. The molecule has 0 radical (unpaired) electrons. The smallest absolute Gasteiger partial charge is 0.414 e. The first kappa shape index (κ1) is 14.9. The van der Waals surface area contributed by atoms with E-state index in [0.29, 0.717) is 6.54 Å². The standard InChI is InChI=1S/C16H24N2O2/c1-15(2,3)20-14(19)18-10-9-11-7-6-8-12(13(11)18)16(4,5)17/h6-8H,9-10,17H2,1-5H3. The second kappa shape index (κ2) is 4.77. The lowest BCUT2D eigenvalue weighted by Crippen LogP contribution is -2.38. The van der Waals surface area contributed by atoms with Gasteiger partial charge in [0, 0.05) is 12.1 Å². The first-order valence-electron chi connectivity index (χ1n) is 7.01. The molecule has 1 aromatic rings. The van der Waals surface area contributed by atoms with Crippen molar-refractivity contribution in [3.05, 3.63) is 29.3 Å². The Bertz CT molecular complexity index is 524. The van der Waals surface area contributed by atoms with E-state index in [4.69, 9.17) is 10.5 Å². The zero-order valence-electron chi connectivity index (χ0n) is 13.0. The third-order valence-corrected chi connectivity index (χ3v) is 3.30. The van der Waals surface area contributed by atoms with Crippen LogP contribution in [0.3, 0.4) is 0 Å². The third-order valence-electron chi connectivity index (χ3n) is 3.30. The highest BCUT2D eigenvalue weighted by Gasteiger charge is 2.33. The maximum absolute atomic E-state index is 12.4. The van der Waals surface area contributed by atoms with Gasteiger partial charge in [-0.1, -0.05) is 18.2 Å². The van der Waals surface area contributed by atoms with Gasteiger partial charge in [-0.25, -0.2) is 4.79 Å². The molecule has 0 spiro atoms. The molecule has 2 rings (SSSR count). The summed E-state index contributed by atoms with van der Waals surface area (Å²) >= 11 is 0. The van der Waals surface area contributed by atoms with Gasteiger partial charge in [-0.2, -0.15) is 0 Å². The molecule has 0 saturated carbocycles. The zero-order chi connectivity index (χ0) is 15.1. The Hall–Kier alpha value is -1.55. The van der Waals surface area contributed by atoms with Crippen LogP contribution in [0.1, 0.15) is 45.7 Å². The molecule has 1 aliphatic heterocycles. The van der Waals surface area contributed by atoms with E-state index >= 15 is 0 Å². The fourth-order valence-corrected chi connectivity index (χ4v) is 2.48. The van der Waals surface area contributed by atoms with Crippen LogP contribution in [-0.4, -0.2) is 18.2 Å². The van der Waals surface area contributed by atoms with Crippen molar-refractivity contribution < 1.29 is 9.53 Å². The predicted octanol–water partition coefficient (Wildman–Crippen LogP) is 3.18. The molecule has 1 amide bonds. The highest BCUT2D eigenvalue weighted by atomic mass is 16.6. The van der Waals surface area contributed by atoms with Crippen molar-refractivity contribution in [2.24, 2.45) is 5.73 Å². The summed E-state index contributed by atoms with van der Waals surface area (Å²) in [5, 5.41) is 0. The number of ether oxygens (including phenoxy) is 1. The summed E-state index contributed by atoms with van der Waals surface area (Å²) in [5.41, 5.74) is 8.33. The molecule has 0 fully saturated rings. The maximum atomic E-state index is 12.4. The lowest BCUT2D eigenvalue weighted by Gasteiger charge is -2.29. The van der Waals surface area contributed by atoms with Crippen molar-refractivity contribution >= 4 is 11.8 Å². The average Bonchev–Trinajstić information content (AvgIpc) is 2.68. The number of carbonyl (C=O) groups is 1. The fourth-order valence-electron chi connectivity index (χ4n) is 2.48. The van der Waals surface area contributed by atoms with Gasteiger partial charge in [0.1, 0.15) is 5.60 Å². The van der Waals surface area contributed by atoms with E-state index in [1.807, 2.05) is 46.8 Å². The third kappa shape index (κ3) is 2.96. The van der Waals surface area contributed by atoms with Crippen molar-refractivity contribution in [2.45, 2.75) is 52.2 Å². The number of rotatable bonds is 1. The number of benzene rings is 1. The summed E-state index contributed by atoms with van der Waals surface area (Å²) in [6.07, 6.45) is 0.548. The molecule has 0 saturated heterocycles. The normalized spacial score (nSPS) is 15.2. The van der Waals surface area contributed by atoms with Gasteiger partial charge < -0.3 is 10.5 Å². The molecular formula is C16H24N2O2. The van der Waals surface area contributed by atoms with E-state index in [9.17, 15) is 4.79 Å². The van der Waals surface area contributed by atoms with Crippen LogP contribution in [0.25, 0.3) is 0 Å². The summed E-state index contributed by atoms with van der Waals surface area (Å²) < 4.78 is 5.49. The van der Waals surface area contributed by atoms with Gasteiger partial charge in [0.25, 0.3) is 0 Å². The zero-order valence-corrected chi connectivity index (χ0v) is 13.0. The molecule has 20 heavy (non-hydrogen) atoms. The fraction of sp³-hybridized carbons (Fsp3) is 0.562. The highest BCUT2D eigenvalue weighted by molar-refractivity contribution is 5.92. The number of nitrogens with zero attached hydrogens (tertiary/aromatic N) is 1. The molecule has 0 aliphatic carbocycles. The Labute approximate surface area is 120 Å². The quantitative estimate of drug-likeness (QED) is 0.857. The van der Waals surface area contributed by atoms with Crippen molar-refractivity contribution in [3.63, 3.8) is 0 Å². The minimum absolute atomic E-state index is 0.298. The molecule has 0 unspecified atom stereocenters. The molecule has 0 bridgehead atoms. The number of hydrogen-bond donors (Lipinski definition) is 1. The molecule has 0 aromatic heterocycles. The molecular weight excluding hydrogens is 252 g/mol. The van der Waals surface area contributed by atoms with Crippen molar-refractivity contribution in [2.75, 3.05) is 11.4 Å². The number of fused-ring (bicyclic) bond motifs is 1. The molecule has 1 heterocycles. The van der Waals surface area contributed by atoms with Crippen molar-refractivity contribution in [1.82, 2.24) is 0 Å². The predicted molar refractivity (Wildman–Crippen MR) is 80.9 cm³/mol. The number of para-hydroxylation sites is 1. The Morgan fingerprint density at radius 2 is 1.90 bits per heavy atom. The minimum atomic E-state index is -0.493. The summed E-state index contributed by atoms with van der Waals surface area (Å²) in [5.74, 6) is 0. The van der Waals surface area contributed by atoms with Crippen molar-refractivity contribution in [3.8, 4) is 0 Å². The topological polar surface area (TPSA) is 55.6 Å². The van der Waals surface area contributed by atoms with Crippen molar-refractivity contribution in [1.29, 1.82) is 0 Å². The second-order valence-corrected chi connectivity index (χ2v) is 6.92. The van der Waals surface area contributed by atoms with Crippen LogP contribution in [0.5, 0.6) is 0 Å². The number of amides is 1. The molecule has 1 aromatic carbocycles. The molecule has 110 valence electrons. The molecule has 1 aliphatic rings. The van der Waals surface area contributed by atoms with Gasteiger partial charge in [0.05, 0.1) is 5.69 Å². The Kier molecular flexibility index (Phi) is 3.54. The number of hydrogen-bond acceptors (Lipinski definition) is 3. The minimum Gasteiger partial charge on any atom is -0.443 e. The van der Waals surface area contributed by atoms with Gasteiger partial charge in [0.15, 0.2) is 0 Å². The lowest BCUT2D eigenvalue weighted by molar-refractivity contribution is 0.0583. The van der Waals surface area contributed by atoms with Crippen LogP contribution in [0, 0.1) is 0 Å².